The van der Waals surface area contributed by atoms with Gasteiger partial charge in [-0.1, -0.05) is 18.2 Å². The highest BCUT2D eigenvalue weighted by molar-refractivity contribution is 5.20. The number of nitrogens with zero attached hydrogens (tertiary/aromatic N) is 1. The highest BCUT2D eigenvalue weighted by atomic mass is 16.5. The smallest absolute Gasteiger partial charge is 0.119 e. The van der Waals surface area contributed by atoms with Crippen LogP contribution in [0.4, 0.5) is 0 Å². The second kappa shape index (κ2) is 7.09. The molecule has 2 fully saturated rings. The second-order valence-electron chi connectivity index (χ2n) is 6.07. The number of benzene rings is 1. The summed E-state index contributed by atoms with van der Waals surface area (Å²) in [6.07, 6.45) is 5.26. The highest BCUT2D eigenvalue weighted by Crippen LogP contribution is 2.33. The molecule has 0 amide bonds. The lowest BCUT2D eigenvalue weighted by Crippen LogP contribution is -2.39. The molecule has 0 radical (unpaired) electrons. The van der Waals surface area contributed by atoms with Gasteiger partial charge in [-0.15, -0.1) is 0 Å². The molecule has 3 nitrogen and oxygen atoms in total. The molecule has 1 aliphatic carbocycles. The molecule has 1 atom stereocenters. The summed E-state index contributed by atoms with van der Waals surface area (Å²) in [6, 6.07) is 10.9. The lowest BCUT2D eigenvalue weighted by Gasteiger charge is -2.24. The Morgan fingerprint density at radius 3 is 2.85 bits per heavy atom. The van der Waals surface area contributed by atoms with Crippen LogP contribution in [0, 0.1) is 5.92 Å². The van der Waals surface area contributed by atoms with Gasteiger partial charge in [0.2, 0.25) is 0 Å². The summed E-state index contributed by atoms with van der Waals surface area (Å²) in [5.41, 5.74) is 0. The molecule has 0 spiro atoms. The van der Waals surface area contributed by atoms with Crippen LogP contribution >= 0.6 is 0 Å². The first-order chi connectivity index (χ1) is 9.92. The van der Waals surface area contributed by atoms with Crippen molar-refractivity contribution in [2.75, 3.05) is 32.8 Å². The first-order valence-corrected chi connectivity index (χ1v) is 8.05. The minimum atomic E-state index is 0.743. The average Bonchev–Trinajstić information content (AvgIpc) is 3.31. The maximum absolute atomic E-state index is 5.77. The summed E-state index contributed by atoms with van der Waals surface area (Å²) < 4.78 is 5.77. The van der Waals surface area contributed by atoms with Gasteiger partial charge in [0.05, 0.1) is 6.61 Å². The molecular weight excluding hydrogens is 248 g/mol. The molecule has 1 N–H and O–H groups in total. The number of nitrogens with one attached hydrogen (secondary N) is 1. The number of hydrogen-bond acceptors (Lipinski definition) is 3. The standard InChI is InChI=1S/C17H26N2O/c1-2-6-16(7-3-1)20-13-5-12-19-11-4-10-18-17(14-19)15-8-9-15/h1-3,6-7,15,17-18H,4-5,8-14H2. The zero-order valence-corrected chi connectivity index (χ0v) is 12.3. The molecule has 0 bridgehead atoms. The van der Waals surface area contributed by atoms with E-state index in [-0.39, 0.29) is 0 Å². The van der Waals surface area contributed by atoms with E-state index in [9.17, 15) is 0 Å². The minimum Gasteiger partial charge on any atom is -0.494 e. The van der Waals surface area contributed by atoms with Crippen LogP contribution in [0.5, 0.6) is 5.75 Å². The molecule has 1 aromatic carbocycles. The zero-order valence-electron chi connectivity index (χ0n) is 12.3. The molecule has 1 saturated carbocycles. The van der Waals surface area contributed by atoms with Crippen molar-refractivity contribution in [3.63, 3.8) is 0 Å². The Kier molecular flexibility index (Phi) is 4.93. The fourth-order valence-electron chi connectivity index (χ4n) is 3.04. The Morgan fingerprint density at radius 2 is 2.05 bits per heavy atom. The van der Waals surface area contributed by atoms with Gasteiger partial charge < -0.3 is 15.0 Å². The van der Waals surface area contributed by atoms with Crippen molar-refractivity contribution < 1.29 is 4.74 Å². The highest BCUT2D eigenvalue weighted by Gasteiger charge is 2.32. The first kappa shape index (κ1) is 13.9. The largest absolute Gasteiger partial charge is 0.494 e. The van der Waals surface area contributed by atoms with Gasteiger partial charge >= 0.3 is 0 Å². The van der Waals surface area contributed by atoms with Gasteiger partial charge in [-0.05, 0) is 56.8 Å². The van der Waals surface area contributed by atoms with Crippen molar-refractivity contribution in [1.29, 1.82) is 0 Å². The van der Waals surface area contributed by atoms with Gasteiger partial charge in [-0.25, -0.2) is 0 Å². The van der Waals surface area contributed by atoms with Crippen LogP contribution in [-0.2, 0) is 0 Å². The van der Waals surface area contributed by atoms with Crippen LogP contribution in [0.2, 0.25) is 0 Å². The Balaban J connectivity index is 1.36. The van der Waals surface area contributed by atoms with E-state index >= 15 is 0 Å². The quantitative estimate of drug-likeness (QED) is 0.807. The third-order valence-electron chi connectivity index (χ3n) is 4.33. The second-order valence-corrected chi connectivity index (χ2v) is 6.07. The molecular formula is C17H26N2O. The van der Waals surface area contributed by atoms with E-state index in [0.717, 1.165) is 37.3 Å². The predicted molar refractivity (Wildman–Crippen MR) is 82.1 cm³/mol. The summed E-state index contributed by atoms with van der Waals surface area (Å²) in [7, 11) is 0. The van der Waals surface area contributed by atoms with E-state index in [1.807, 2.05) is 30.3 Å². The predicted octanol–water partition coefficient (Wildman–Crippen LogP) is 2.53. The molecule has 3 rings (SSSR count). The van der Waals surface area contributed by atoms with Gasteiger partial charge in [-0.2, -0.15) is 0 Å². The average molecular weight is 274 g/mol. The molecule has 0 aromatic heterocycles. The summed E-state index contributed by atoms with van der Waals surface area (Å²) in [4.78, 5) is 2.62. The van der Waals surface area contributed by atoms with Crippen molar-refractivity contribution in [2.45, 2.75) is 31.7 Å². The van der Waals surface area contributed by atoms with Crippen LogP contribution < -0.4 is 10.1 Å². The van der Waals surface area contributed by atoms with Crippen LogP contribution in [0.15, 0.2) is 30.3 Å². The molecule has 2 aliphatic rings. The third-order valence-corrected chi connectivity index (χ3v) is 4.33. The van der Waals surface area contributed by atoms with Gasteiger partial charge in [-0.3, -0.25) is 0 Å². The SMILES string of the molecule is c1ccc(OCCCN2CCCNC(C3CC3)C2)cc1. The van der Waals surface area contributed by atoms with E-state index < -0.39 is 0 Å². The van der Waals surface area contributed by atoms with Gasteiger partial charge in [0.1, 0.15) is 5.75 Å². The zero-order chi connectivity index (χ0) is 13.6. The fourth-order valence-corrected chi connectivity index (χ4v) is 3.04. The minimum absolute atomic E-state index is 0.743. The lowest BCUT2D eigenvalue weighted by atomic mass is 10.2. The Hall–Kier alpha value is -1.06. The van der Waals surface area contributed by atoms with Crippen molar-refractivity contribution in [1.82, 2.24) is 10.2 Å². The molecule has 1 saturated heterocycles. The van der Waals surface area contributed by atoms with Crippen molar-refractivity contribution in [2.24, 2.45) is 5.92 Å². The van der Waals surface area contributed by atoms with E-state index in [2.05, 4.69) is 10.2 Å². The van der Waals surface area contributed by atoms with Crippen molar-refractivity contribution in [3.8, 4) is 5.75 Å². The molecule has 110 valence electrons. The third kappa shape index (κ3) is 4.22. The topological polar surface area (TPSA) is 24.5 Å². The Bertz CT molecular complexity index is 391. The van der Waals surface area contributed by atoms with E-state index in [1.165, 1.54) is 38.9 Å². The molecule has 1 aromatic rings. The molecule has 20 heavy (non-hydrogen) atoms. The summed E-state index contributed by atoms with van der Waals surface area (Å²) in [5.74, 6) is 1.94. The maximum Gasteiger partial charge on any atom is 0.119 e. The molecule has 3 heteroatoms. The number of para-hydroxylation sites is 1. The van der Waals surface area contributed by atoms with Crippen molar-refractivity contribution >= 4 is 0 Å². The van der Waals surface area contributed by atoms with E-state index in [0.29, 0.717) is 0 Å². The number of ether oxygens (including phenoxy) is 1. The number of hydrogen-bond donors (Lipinski definition) is 1. The molecule has 1 heterocycles. The Labute approximate surface area is 122 Å². The van der Waals surface area contributed by atoms with Gasteiger partial charge in [0.15, 0.2) is 0 Å². The van der Waals surface area contributed by atoms with Gasteiger partial charge in [0.25, 0.3) is 0 Å². The Morgan fingerprint density at radius 1 is 1.20 bits per heavy atom. The number of rotatable bonds is 6. The van der Waals surface area contributed by atoms with Gasteiger partial charge in [0, 0.05) is 19.1 Å². The van der Waals surface area contributed by atoms with Crippen LogP contribution in [-0.4, -0.2) is 43.7 Å². The fraction of sp³-hybridized carbons (Fsp3) is 0.647. The van der Waals surface area contributed by atoms with E-state index in [1.54, 1.807) is 0 Å². The van der Waals surface area contributed by atoms with Crippen LogP contribution in [0.3, 0.4) is 0 Å². The molecule has 1 unspecified atom stereocenters. The molecule has 1 aliphatic heterocycles. The normalized spacial score (nSPS) is 24.3. The summed E-state index contributed by atoms with van der Waals surface area (Å²) in [6.45, 7) is 5.65. The van der Waals surface area contributed by atoms with Crippen LogP contribution in [0.25, 0.3) is 0 Å². The maximum atomic E-state index is 5.77. The lowest BCUT2D eigenvalue weighted by molar-refractivity contribution is 0.226. The van der Waals surface area contributed by atoms with Crippen LogP contribution in [0.1, 0.15) is 25.7 Å². The summed E-state index contributed by atoms with van der Waals surface area (Å²) in [5, 5.41) is 3.72. The summed E-state index contributed by atoms with van der Waals surface area (Å²) >= 11 is 0. The first-order valence-electron chi connectivity index (χ1n) is 8.05. The van der Waals surface area contributed by atoms with Crippen molar-refractivity contribution in [3.05, 3.63) is 30.3 Å². The monoisotopic (exact) mass is 274 g/mol. The van der Waals surface area contributed by atoms with E-state index in [4.69, 9.17) is 4.74 Å².